The van der Waals surface area contributed by atoms with Crippen LogP contribution < -0.4 is 5.32 Å². The van der Waals surface area contributed by atoms with Crippen LogP contribution in [0.2, 0.25) is 0 Å². The van der Waals surface area contributed by atoms with Crippen LogP contribution in [-0.2, 0) is 4.79 Å². The summed E-state index contributed by atoms with van der Waals surface area (Å²) >= 11 is 0. The highest BCUT2D eigenvalue weighted by molar-refractivity contribution is 5.94. The highest BCUT2D eigenvalue weighted by Gasteiger charge is 2.33. The lowest BCUT2D eigenvalue weighted by atomic mass is 9.85. The van der Waals surface area contributed by atoms with Gasteiger partial charge in [-0.3, -0.25) is 9.59 Å². The molecule has 0 bridgehead atoms. The van der Waals surface area contributed by atoms with Gasteiger partial charge in [0.05, 0.1) is 17.5 Å². The molecule has 0 aliphatic carbocycles. The van der Waals surface area contributed by atoms with E-state index in [2.05, 4.69) is 20.4 Å². The zero-order chi connectivity index (χ0) is 17.0. The molecule has 1 amide bonds. The molecule has 2 heterocycles. The first kappa shape index (κ1) is 16.6. The molecule has 0 aliphatic heterocycles. The second-order valence-electron chi connectivity index (χ2n) is 5.84. The molecule has 0 saturated carbocycles. The van der Waals surface area contributed by atoms with E-state index in [0.717, 1.165) is 0 Å². The third kappa shape index (κ3) is 3.91. The van der Waals surface area contributed by atoms with Crippen LogP contribution in [0.15, 0.2) is 31.0 Å². The molecule has 2 N–H and O–H groups in total. The maximum absolute atomic E-state index is 12.4. The van der Waals surface area contributed by atoms with Crippen LogP contribution in [0.3, 0.4) is 0 Å². The van der Waals surface area contributed by atoms with Crippen molar-refractivity contribution in [1.82, 2.24) is 25.1 Å². The van der Waals surface area contributed by atoms with Gasteiger partial charge in [0, 0.05) is 6.20 Å². The summed E-state index contributed by atoms with van der Waals surface area (Å²) < 4.78 is 1.48. The molecule has 8 nitrogen and oxygen atoms in total. The molecule has 122 valence electrons. The number of carboxylic acid groups (broad SMARTS) is 1. The molecule has 0 saturated heterocycles. The molecule has 0 aromatic carbocycles. The Hall–Kier alpha value is -2.77. The summed E-state index contributed by atoms with van der Waals surface area (Å²) in [5.41, 5.74) is -0.487. The van der Waals surface area contributed by atoms with E-state index in [4.69, 9.17) is 5.11 Å². The molecule has 8 heteroatoms. The van der Waals surface area contributed by atoms with Crippen molar-refractivity contribution in [3.05, 3.63) is 36.5 Å². The normalized spacial score (nSPS) is 13.6. The number of carbonyl (C=O) groups is 2. The molecule has 0 fully saturated rings. The molecule has 2 aromatic heterocycles. The number of carbonyl (C=O) groups excluding carboxylic acids is 1. The van der Waals surface area contributed by atoms with Crippen molar-refractivity contribution in [2.24, 2.45) is 5.92 Å². The second-order valence-corrected chi connectivity index (χ2v) is 5.84. The smallest absolute Gasteiger partial charge is 0.305 e. The van der Waals surface area contributed by atoms with E-state index in [1.165, 1.54) is 23.5 Å². The first-order valence-electron chi connectivity index (χ1n) is 7.17. The van der Waals surface area contributed by atoms with Gasteiger partial charge in [-0.05, 0) is 25.0 Å². The van der Waals surface area contributed by atoms with Crippen LogP contribution in [0.5, 0.6) is 0 Å². The largest absolute Gasteiger partial charge is 0.481 e. The Morgan fingerprint density at radius 1 is 1.39 bits per heavy atom. The fourth-order valence-electron chi connectivity index (χ4n) is 2.02. The molecule has 0 radical (unpaired) electrons. The molecule has 0 spiro atoms. The van der Waals surface area contributed by atoms with Gasteiger partial charge in [-0.1, -0.05) is 13.8 Å². The molecular weight excluding hydrogens is 298 g/mol. The summed E-state index contributed by atoms with van der Waals surface area (Å²) in [4.78, 5) is 31.4. The predicted molar refractivity (Wildman–Crippen MR) is 82.1 cm³/mol. The van der Waals surface area contributed by atoms with Crippen molar-refractivity contribution in [2.45, 2.75) is 32.7 Å². The van der Waals surface area contributed by atoms with Crippen LogP contribution in [0.25, 0.3) is 5.82 Å². The van der Waals surface area contributed by atoms with E-state index < -0.39 is 11.5 Å². The number of nitrogens with zero attached hydrogens (tertiary/aromatic N) is 4. The molecule has 1 atom stereocenters. The van der Waals surface area contributed by atoms with Crippen molar-refractivity contribution >= 4 is 11.9 Å². The third-order valence-electron chi connectivity index (χ3n) is 3.86. The molecule has 1 unspecified atom stereocenters. The standard InChI is InChI=1S/C15H19N5O3/c1-10(2)15(3,6-13(21)22)19-14(23)11-4-5-12(17-7-11)20-9-16-8-18-20/h4-5,7-10H,6H2,1-3H3,(H,19,23)(H,21,22). The van der Waals surface area contributed by atoms with E-state index >= 15 is 0 Å². The number of aliphatic carboxylic acids is 1. The highest BCUT2D eigenvalue weighted by Crippen LogP contribution is 2.21. The zero-order valence-electron chi connectivity index (χ0n) is 13.2. The van der Waals surface area contributed by atoms with Gasteiger partial charge in [-0.15, -0.1) is 0 Å². The Bertz CT molecular complexity index is 682. The fraction of sp³-hybridized carbons (Fsp3) is 0.400. The van der Waals surface area contributed by atoms with Crippen LogP contribution >= 0.6 is 0 Å². The number of pyridine rings is 1. The van der Waals surface area contributed by atoms with Crippen molar-refractivity contribution < 1.29 is 14.7 Å². The van der Waals surface area contributed by atoms with E-state index in [1.807, 2.05) is 13.8 Å². The van der Waals surface area contributed by atoms with Gasteiger partial charge in [-0.2, -0.15) is 5.10 Å². The van der Waals surface area contributed by atoms with E-state index in [1.54, 1.807) is 19.1 Å². The van der Waals surface area contributed by atoms with Gasteiger partial charge in [0.2, 0.25) is 0 Å². The van der Waals surface area contributed by atoms with Gasteiger partial charge < -0.3 is 10.4 Å². The molecule has 2 aromatic rings. The Morgan fingerprint density at radius 2 is 2.13 bits per heavy atom. The monoisotopic (exact) mass is 317 g/mol. The van der Waals surface area contributed by atoms with Crippen LogP contribution in [0.1, 0.15) is 37.6 Å². The van der Waals surface area contributed by atoms with Gasteiger partial charge in [0.15, 0.2) is 5.82 Å². The quantitative estimate of drug-likeness (QED) is 0.830. The van der Waals surface area contributed by atoms with Crippen molar-refractivity contribution in [1.29, 1.82) is 0 Å². The molecular formula is C15H19N5O3. The SMILES string of the molecule is CC(C)C(C)(CC(=O)O)NC(=O)c1ccc(-n2cncn2)nc1. The lowest BCUT2D eigenvalue weighted by Gasteiger charge is -2.33. The maximum atomic E-state index is 12.4. The predicted octanol–water partition coefficient (Wildman–Crippen LogP) is 1.28. The summed E-state index contributed by atoms with van der Waals surface area (Å²) in [6.07, 6.45) is 4.17. The summed E-state index contributed by atoms with van der Waals surface area (Å²) in [6, 6.07) is 3.26. The lowest BCUT2D eigenvalue weighted by Crippen LogP contribution is -2.51. The van der Waals surface area contributed by atoms with Crippen molar-refractivity contribution in [3.63, 3.8) is 0 Å². The number of amides is 1. The average molecular weight is 317 g/mol. The second kappa shape index (κ2) is 6.55. The first-order chi connectivity index (χ1) is 10.8. The topological polar surface area (TPSA) is 110 Å². The Kier molecular flexibility index (Phi) is 4.73. The Balaban J connectivity index is 2.15. The van der Waals surface area contributed by atoms with Gasteiger partial charge in [-0.25, -0.2) is 14.6 Å². The zero-order valence-corrected chi connectivity index (χ0v) is 13.2. The number of aromatic nitrogens is 4. The number of hydrogen-bond acceptors (Lipinski definition) is 5. The number of carboxylic acids is 1. The van der Waals surface area contributed by atoms with Crippen LogP contribution in [-0.4, -0.2) is 42.3 Å². The van der Waals surface area contributed by atoms with Crippen molar-refractivity contribution in [3.8, 4) is 5.82 Å². The molecule has 0 aliphatic rings. The number of hydrogen-bond donors (Lipinski definition) is 2. The highest BCUT2D eigenvalue weighted by atomic mass is 16.4. The van der Waals surface area contributed by atoms with Crippen molar-refractivity contribution in [2.75, 3.05) is 0 Å². The van der Waals surface area contributed by atoms with E-state index in [-0.39, 0.29) is 18.2 Å². The van der Waals surface area contributed by atoms with E-state index in [9.17, 15) is 9.59 Å². The van der Waals surface area contributed by atoms with Gasteiger partial charge in [0.25, 0.3) is 5.91 Å². The van der Waals surface area contributed by atoms with Crippen LogP contribution in [0, 0.1) is 5.92 Å². The minimum atomic E-state index is -0.957. The number of nitrogens with one attached hydrogen (secondary N) is 1. The van der Waals surface area contributed by atoms with Gasteiger partial charge >= 0.3 is 5.97 Å². The minimum Gasteiger partial charge on any atom is -0.481 e. The summed E-state index contributed by atoms with van der Waals surface area (Å²) in [5, 5.41) is 15.8. The lowest BCUT2D eigenvalue weighted by molar-refractivity contribution is -0.138. The Labute approximate surface area is 133 Å². The number of rotatable bonds is 6. The Morgan fingerprint density at radius 3 is 2.61 bits per heavy atom. The minimum absolute atomic E-state index is 0.0371. The van der Waals surface area contributed by atoms with Gasteiger partial charge in [0.1, 0.15) is 12.7 Å². The summed E-state index contributed by atoms with van der Waals surface area (Å²) in [6.45, 7) is 5.46. The molecule has 2 rings (SSSR count). The summed E-state index contributed by atoms with van der Waals surface area (Å²) in [7, 11) is 0. The molecule has 23 heavy (non-hydrogen) atoms. The van der Waals surface area contributed by atoms with Crippen LogP contribution in [0.4, 0.5) is 0 Å². The third-order valence-corrected chi connectivity index (χ3v) is 3.86. The average Bonchev–Trinajstić information content (AvgIpc) is 3.00. The fourth-order valence-corrected chi connectivity index (χ4v) is 2.02. The summed E-state index contributed by atoms with van der Waals surface area (Å²) in [5.74, 6) is -0.817. The first-order valence-corrected chi connectivity index (χ1v) is 7.17. The maximum Gasteiger partial charge on any atom is 0.305 e. The van der Waals surface area contributed by atoms with E-state index in [0.29, 0.717) is 11.4 Å².